The Morgan fingerprint density at radius 1 is 1.16 bits per heavy atom. The number of carbonyl (C=O) groups is 2. The van der Waals surface area contributed by atoms with E-state index in [2.05, 4.69) is 22.1 Å². The Morgan fingerprint density at radius 2 is 1.84 bits per heavy atom. The largest absolute Gasteiger partial charge is 0.506 e. The molecule has 168 valence electrons. The molecule has 0 radical (unpaired) electrons. The average molecular weight is 457 g/mol. The summed E-state index contributed by atoms with van der Waals surface area (Å²) in [6.45, 7) is -0.487. The molecule has 1 aromatic heterocycles. The zero-order valence-electron chi connectivity index (χ0n) is 17.6. The maximum absolute atomic E-state index is 11.8. The first-order chi connectivity index (χ1) is 15.3. The predicted octanol–water partition coefficient (Wildman–Crippen LogP) is 3.71. The number of hydrogen-bond acceptors (Lipinski definition) is 5. The lowest BCUT2D eigenvalue weighted by Crippen LogP contribution is -2.33. The van der Waals surface area contributed by atoms with Crippen molar-refractivity contribution in [3.8, 4) is 23.3 Å². The Labute approximate surface area is 191 Å². The van der Waals surface area contributed by atoms with Crippen molar-refractivity contribution in [2.24, 2.45) is 0 Å². The van der Waals surface area contributed by atoms with Crippen LogP contribution in [0.5, 0.6) is 11.5 Å². The van der Waals surface area contributed by atoms with Crippen molar-refractivity contribution in [3.05, 3.63) is 52.8 Å². The highest BCUT2D eigenvalue weighted by Gasteiger charge is 2.31. The minimum atomic E-state index is -1.14. The van der Waals surface area contributed by atoms with Gasteiger partial charge in [-0.15, -0.1) is 0 Å². The molecule has 0 unspecified atom stereocenters. The fourth-order valence-electron chi connectivity index (χ4n) is 3.54. The number of ether oxygens (including phenoxy) is 1. The van der Waals surface area contributed by atoms with Crippen molar-refractivity contribution < 1.29 is 24.5 Å². The summed E-state index contributed by atoms with van der Waals surface area (Å²) in [4.78, 5) is 26.4. The van der Waals surface area contributed by atoms with Gasteiger partial charge in [-0.1, -0.05) is 30.4 Å². The number of halogens is 1. The summed E-state index contributed by atoms with van der Waals surface area (Å²) in [6.07, 6.45) is 7.14. The second-order valence-corrected chi connectivity index (χ2v) is 8.19. The molecule has 7 nitrogen and oxygen atoms in total. The Balaban J connectivity index is 1.77. The number of benzene rings is 1. The molecule has 0 spiro atoms. The molecule has 0 bridgehead atoms. The van der Waals surface area contributed by atoms with E-state index < -0.39 is 24.0 Å². The molecule has 0 atom stereocenters. The van der Waals surface area contributed by atoms with E-state index in [1.165, 1.54) is 12.3 Å². The molecule has 1 aromatic carbocycles. The van der Waals surface area contributed by atoms with Gasteiger partial charge in [-0.3, -0.25) is 14.6 Å². The van der Waals surface area contributed by atoms with Crippen molar-refractivity contribution in [3.63, 3.8) is 0 Å². The minimum Gasteiger partial charge on any atom is -0.506 e. The van der Waals surface area contributed by atoms with Gasteiger partial charge in [0.05, 0.1) is 12.1 Å². The molecule has 3 N–H and O–H groups in total. The topological polar surface area (TPSA) is 109 Å². The van der Waals surface area contributed by atoms with Gasteiger partial charge >= 0.3 is 5.97 Å². The van der Waals surface area contributed by atoms with Gasteiger partial charge in [-0.25, -0.2) is 0 Å². The smallest absolute Gasteiger partial charge is 0.322 e. The van der Waals surface area contributed by atoms with E-state index >= 15 is 0 Å². The van der Waals surface area contributed by atoms with E-state index in [-0.39, 0.29) is 17.9 Å². The number of hydrogen-bond donors (Lipinski definition) is 3. The second kappa shape index (κ2) is 10.9. The molecule has 2 aromatic rings. The van der Waals surface area contributed by atoms with Gasteiger partial charge in [-0.2, -0.15) is 0 Å². The van der Waals surface area contributed by atoms with Gasteiger partial charge in [0.25, 0.3) is 0 Å². The third kappa shape index (κ3) is 6.89. The molecule has 1 heterocycles. The summed E-state index contributed by atoms with van der Waals surface area (Å²) < 4.78 is 6.34. The first-order valence-corrected chi connectivity index (χ1v) is 10.9. The zero-order valence-corrected chi connectivity index (χ0v) is 18.3. The number of nitrogens with one attached hydrogen (secondary N) is 1. The normalized spacial score (nSPS) is 15.0. The van der Waals surface area contributed by atoms with Crippen LogP contribution in [0.1, 0.15) is 49.8 Å². The van der Waals surface area contributed by atoms with Crippen LogP contribution in [0.3, 0.4) is 0 Å². The van der Waals surface area contributed by atoms with E-state index in [1.807, 2.05) is 12.1 Å². The predicted molar refractivity (Wildman–Crippen MR) is 120 cm³/mol. The number of nitrogens with zero attached hydrogens (tertiary/aromatic N) is 1. The third-order valence-electron chi connectivity index (χ3n) is 5.18. The Kier molecular flexibility index (Phi) is 7.96. The van der Waals surface area contributed by atoms with Gasteiger partial charge in [0.1, 0.15) is 18.0 Å². The van der Waals surface area contributed by atoms with Gasteiger partial charge in [-0.05, 0) is 61.9 Å². The lowest BCUT2D eigenvalue weighted by Gasteiger charge is -2.28. The number of carboxylic acids is 1. The van der Waals surface area contributed by atoms with Gasteiger partial charge in [0, 0.05) is 16.8 Å². The second-order valence-electron chi connectivity index (χ2n) is 7.75. The fourth-order valence-corrected chi connectivity index (χ4v) is 3.67. The molecule has 1 aliphatic carbocycles. The SMILES string of the molecule is O=C(O)CNC(=O)Cc1ncc(C#CC2(Oc3ccc(Cl)cc3)CCCCCC2)cc1O. The molecule has 8 heteroatoms. The minimum absolute atomic E-state index is 0.153. The molecular weight excluding hydrogens is 432 g/mol. The molecule has 1 amide bonds. The number of carboxylic acid groups (broad SMARTS) is 1. The quantitative estimate of drug-likeness (QED) is 0.451. The highest BCUT2D eigenvalue weighted by atomic mass is 35.5. The van der Waals surface area contributed by atoms with Crippen LogP contribution in [-0.2, 0) is 16.0 Å². The number of rotatable bonds is 6. The van der Waals surface area contributed by atoms with E-state index in [4.69, 9.17) is 21.4 Å². The molecule has 1 saturated carbocycles. The average Bonchev–Trinajstić information content (AvgIpc) is 3.00. The van der Waals surface area contributed by atoms with E-state index in [0.717, 1.165) is 38.5 Å². The van der Waals surface area contributed by atoms with Crippen LogP contribution < -0.4 is 10.1 Å². The highest BCUT2D eigenvalue weighted by molar-refractivity contribution is 6.30. The van der Waals surface area contributed by atoms with Crippen molar-refractivity contribution in [1.29, 1.82) is 0 Å². The maximum atomic E-state index is 11.8. The summed E-state index contributed by atoms with van der Waals surface area (Å²) >= 11 is 5.98. The van der Waals surface area contributed by atoms with E-state index in [0.29, 0.717) is 16.3 Å². The number of aromatic nitrogens is 1. The van der Waals surface area contributed by atoms with E-state index in [1.54, 1.807) is 12.1 Å². The molecule has 1 fully saturated rings. The number of pyridine rings is 1. The zero-order chi connectivity index (χ0) is 23.0. The van der Waals surface area contributed by atoms with Crippen molar-refractivity contribution in [1.82, 2.24) is 10.3 Å². The van der Waals surface area contributed by atoms with Crippen LogP contribution in [0.2, 0.25) is 5.02 Å². The summed E-state index contributed by atoms with van der Waals surface area (Å²) in [5, 5.41) is 21.7. The molecular formula is C24H25ClN2O5. The van der Waals surface area contributed by atoms with Crippen LogP contribution >= 0.6 is 11.6 Å². The van der Waals surface area contributed by atoms with Gasteiger partial charge in [0.15, 0.2) is 5.60 Å². The number of aliphatic carboxylic acids is 1. The third-order valence-corrected chi connectivity index (χ3v) is 5.44. The van der Waals surface area contributed by atoms with Crippen molar-refractivity contribution >= 4 is 23.5 Å². The Bertz CT molecular complexity index is 1020. The van der Waals surface area contributed by atoms with Crippen molar-refractivity contribution in [2.75, 3.05) is 6.54 Å². The monoisotopic (exact) mass is 456 g/mol. The molecule has 1 aliphatic rings. The van der Waals surface area contributed by atoms with Crippen LogP contribution in [0.25, 0.3) is 0 Å². The highest BCUT2D eigenvalue weighted by Crippen LogP contribution is 2.32. The Morgan fingerprint density at radius 3 is 2.47 bits per heavy atom. The molecule has 0 saturated heterocycles. The van der Waals surface area contributed by atoms with Gasteiger partial charge < -0.3 is 20.3 Å². The molecule has 0 aliphatic heterocycles. The first-order valence-electron chi connectivity index (χ1n) is 10.5. The summed E-state index contributed by atoms with van der Waals surface area (Å²) in [6, 6.07) is 8.67. The number of aromatic hydroxyl groups is 1. The maximum Gasteiger partial charge on any atom is 0.322 e. The number of amides is 1. The fraction of sp³-hybridized carbons (Fsp3) is 0.375. The first kappa shape index (κ1) is 23.4. The molecule has 32 heavy (non-hydrogen) atoms. The Hall–Kier alpha value is -3.24. The molecule has 3 rings (SSSR count). The van der Waals surface area contributed by atoms with Crippen LogP contribution in [-0.4, -0.2) is 39.2 Å². The summed E-state index contributed by atoms with van der Waals surface area (Å²) in [7, 11) is 0. The standard InChI is InChI=1S/C24H25ClN2O5/c25-18-5-7-19(8-6-18)32-24(10-3-1-2-4-11-24)12-9-17-13-21(28)20(26-15-17)14-22(29)27-16-23(30)31/h5-8,13,15,28H,1-4,10-11,14,16H2,(H,27,29)(H,30,31). The lowest BCUT2D eigenvalue weighted by molar-refractivity contribution is -0.137. The van der Waals surface area contributed by atoms with Crippen LogP contribution in [0.15, 0.2) is 36.5 Å². The van der Waals surface area contributed by atoms with Crippen LogP contribution in [0.4, 0.5) is 0 Å². The summed E-state index contributed by atoms with van der Waals surface area (Å²) in [5.41, 5.74) is 0.00978. The van der Waals surface area contributed by atoms with Crippen molar-refractivity contribution in [2.45, 2.75) is 50.5 Å². The van der Waals surface area contributed by atoms with Crippen LogP contribution in [0, 0.1) is 11.8 Å². The number of carbonyl (C=O) groups excluding carboxylic acids is 1. The van der Waals surface area contributed by atoms with Gasteiger partial charge in [0.2, 0.25) is 5.91 Å². The summed E-state index contributed by atoms with van der Waals surface area (Å²) in [5.74, 6) is 5.20. The lowest BCUT2D eigenvalue weighted by atomic mass is 9.94. The van der Waals surface area contributed by atoms with E-state index in [9.17, 15) is 14.7 Å².